The third kappa shape index (κ3) is 5.35. The fourth-order valence-electron chi connectivity index (χ4n) is 1.32. The summed E-state index contributed by atoms with van der Waals surface area (Å²) in [4.78, 5) is 11.4. The summed E-state index contributed by atoms with van der Waals surface area (Å²) < 4.78 is 5.18. The van der Waals surface area contributed by atoms with Crippen molar-refractivity contribution in [2.45, 2.75) is 64.6 Å². The van der Waals surface area contributed by atoms with E-state index in [-0.39, 0.29) is 12.1 Å². The van der Waals surface area contributed by atoms with E-state index in [1.165, 1.54) is 12.8 Å². The van der Waals surface area contributed by atoms with Crippen molar-refractivity contribution in [1.29, 1.82) is 0 Å². The Morgan fingerprint density at radius 1 is 1.44 bits per heavy atom. The van der Waals surface area contributed by atoms with Crippen LogP contribution in [0.4, 0.5) is 4.79 Å². The Morgan fingerprint density at radius 2 is 2.00 bits per heavy atom. The molecule has 16 heavy (non-hydrogen) atoms. The Labute approximate surface area is 98.1 Å². The molecule has 1 atom stereocenters. The maximum absolute atomic E-state index is 11.4. The Kier molecular flexibility index (Phi) is 3.84. The molecule has 1 saturated carbocycles. The second kappa shape index (κ2) is 4.62. The van der Waals surface area contributed by atoms with Crippen molar-refractivity contribution in [3.05, 3.63) is 0 Å². The highest BCUT2D eigenvalue weighted by Crippen LogP contribution is 2.33. The summed E-state index contributed by atoms with van der Waals surface area (Å²) in [6, 6.07) is 0.0901. The zero-order valence-electron chi connectivity index (χ0n) is 11.0. The number of ether oxygens (including phenoxy) is 1. The lowest BCUT2D eigenvalue weighted by atomic mass is 10.2. The first-order valence-corrected chi connectivity index (χ1v) is 5.95. The van der Waals surface area contributed by atoms with E-state index in [0.29, 0.717) is 5.54 Å². The van der Waals surface area contributed by atoms with Gasteiger partial charge in [-0.3, -0.25) is 0 Å². The number of nitrogens with one attached hydrogen (secondary N) is 2. The van der Waals surface area contributed by atoms with Crippen molar-refractivity contribution in [2.75, 3.05) is 6.54 Å². The first-order chi connectivity index (χ1) is 7.20. The van der Waals surface area contributed by atoms with Crippen molar-refractivity contribution >= 4 is 6.09 Å². The molecule has 1 aliphatic carbocycles. The van der Waals surface area contributed by atoms with Crippen LogP contribution in [0.3, 0.4) is 0 Å². The second-order valence-electron chi connectivity index (χ2n) is 5.99. The summed E-state index contributed by atoms with van der Waals surface area (Å²) in [6.07, 6.45) is 2.11. The second-order valence-corrected chi connectivity index (χ2v) is 5.99. The number of carbonyl (C=O) groups excluding carboxylic acids is 1. The van der Waals surface area contributed by atoms with E-state index in [9.17, 15) is 4.79 Å². The van der Waals surface area contributed by atoms with Gasteiger partial charge in [0.05, 0.1) is 0 Å². The molecule has 4 heteroatoms. The van der Waals surface area contributed by atoms with Gasteiger partial charge in [-0.15, -0.1) is 0 Å². The van der Waals surface area contributed by atoms with Gasteiger partial charge in [0.25, 0.3) is 0 Å². The van der Waals surface area contributed by atoms with Crippen molar-refractivity contribution in [3.8, 4) is 0 Å². The molecule has 0 aromatic carbocycles. The number of amides is 1. The van der Waals surface area contributed by atoms with E-state index in [0.717, 1.165) is 6.54 Å². The van der Waals surface area contributed by atoms with Crippen LogP contribution in [0, 0.1) is 0 Å². The molecule has 0 heterocycles. The molecule has 0 unspecified atom stereocenters. The molecule has 0 saturated heterocycles. The van der Waals surface area contributed by atoms with Gasteiger partial charge in [0, 0.05) is 18.1 Å². The zero-order valence-corrected chi connectivity index (χ0v) is 11.0. The van der Waals surface area contributed by atoms with Gasteiger partial charge in [-0.25, -0.2) is 4.79 Å². The highest BCUT2D eigenvalue weighted by Gasteiger charge is 2.36. The number of rotatable bonds is 4. The van der Waals surface area contributed by atoms with Crippen molar-refractivity contribution in [2.24, 2.45) is 0 Å². The highest BCUT2D eigenvalue weighted by molar-refractivity contribution is 5.68. The highest BCUT2D eigenvalue weighted by atomic mass is 16.6. The van der Waals surface area contributed by atoms with Gasteiger partial charge < -0.3 is 15.4 Å². The van der Waals surface area contributed by atoms with Crippen molar-refractivity contribution in [1.82, 2.24) is 10.6 Å². The maximum atomic E-state index is 11.4. The van der Waals surface area contributed by atoms with Crippen LogP contribution in [0.1, 0.15) is 47.5 Å². The topological polar surface area (TPSA) is 50.4 Å². The minimum Gasteiger partial charge on any atom is -0.444 e. The fraction of sp³-hybridized carbons (Fsp3) is 0.917. The van der Waals surface area contributed by atoms with Gasteiger partial charge in [-0.1, -0.05) is 0 Å². The molecule has 4 nitrogen and oxygen atoms in total. The van der Waals surface area contributed by atoms with Crippen LogP contribution in [0.5, 0.6) is 0 Å². The number of hydrogen-bond donors (Lipinski definition) is 2. The van der Waals surface area contributed by atoms with Crippen LogP contribution in [-0.4, -0.2) is 29.8 Å². The minimum absolute atomic E-state index is 0.0901. The Balaban J connectivity index is 2.17. The quantitative estimate of drug-likeness (QED) is 0.774. The van der Waals surface area contributed by atoms with E-state index in [2.05, 4.69) is 17.6 Å². The average molecular weight is 228 g/mol. The SMILES string of the molecule is C[C@H](CNC1(C)CC1)NC(=O)OC(C)(C)C. The lowest BCUT2D eigenvalue weighted by Crippen LogP contribution is -2.45. The van der Waals surface area contributed by atoms with E-state index >= 15 is 0 Å². The van der Waals surface area contributed by atoms with Gasteiger partial charge >= 0.3 is 6.09 Å². The summed E-state index contributed by atoms with van der Waals surface area (Å²) in [5, 5.41) is 6.24. The lowest BCUT2D eigenvalue weighted by Gasteiger charge is -2.23. The van der Waals surface area contributed by atoms with Crippen LogP contribution in [0.2, 0.25) is 0 Å². The predicted octanol–water partition coefficient (Wildman–Crippen LogP) is 2.04. The molecule has 0 aromatic rings. The third-order valence-corrected chi connectivity index (χ3v) is 2.60. The van der Waals surface area contributed by atoms with Gasteiger partial charge in [0.2, 0.25) is 0 Å². The summed E-state index contributed by atoms with van der Waals surface area (Å²) in [7, 11) is 0. The molecule has 0 aromatic heterocycles. The Bertz CT molecular complexity index is 254. The van der Waals surface area contributed by atoms with E-state index in [1.54, 1.807) is 0 Å². The molecular weight excluding hydrogens is 204 g/mol. The largest absolute Gasteiger partial charge is 0.444 e. The Hall–Kier alpha value is -0.770. The standard InChI is InChI=1S/C12H24N2O2/c1-9(8-13-12(5)6-7-12)14-10(15)16-11(2,3)4/h9,13H,6-8H2,1-5H3,(H,14,15)/t9-/m1/s1. The molecule has 0 spiro atoms. The van der Waals surface area contributed by atoms with Gasteiger partial charge in [0.1, 0.15) is 5.60 Å². The molecule has 0 aliphatic heterocycles. The maximum Gasteiger partial charge on any atom is 0.407 e. The van der Waals surface area contributed by atoms with Gasteiger partial charge in [-0.2, -0.15) is 0 Å². The molecule has 2 N–H and O–H groups in total. The van der Waals surface area contributed by atoms with E-state index in [4.69, 9.17) is 4.74 Å². The summed E-state index contributed by atoms with van der Waals surface area (Å²) >= 11 is 0. The third-order valence-electron chi connectivity index (χ3n) is 2.60. The van der Waals surface area contributed by atoms with Crippen LogP contribution in [-0.2, 0) is 4.74 Å². The molecule has 1 rings (SSSR count). The van der Waals surface area contributed by atoms with E-state index in [1.807, 2.05) is 27.7 Å². The van der Waals surface area contributed by atoms with Crippen LogP contribution < -0.4 is 10.6 Å². The number of alkyl carbamates (subject to hydrolysis) is 1. The molecule has 94 valence electrons. The van der Waals surface area contributed by atoms with Gasteiger partial charge in [-0.05, 0) is 47.5 Å². The molecule has 0 bridgehead atoms. The van der Waals surface area contributed by atoms with Crippen LogP contribution >= 0.6 is 0 Å². The average Bonchev–Trinajstić information content (AvgIpc) is 2.78. The summed E-state index contributed by atoms with van der Waals surface area (Å²) in [5.74, 6) is 0. The van der Waals surface area contributed by atoms with Crippen molar-refractivity contribution < 1.29 is 9.53 Å². The fourth-order valence-corrected chi connectivity index (χ4v) is 1.32. The first kappa shape index (κ1) is 13.3. The van der Waals surface area contributed by atoms with E-state index < -0.39 is 5.60 Å². The Morgan fingerprint density at radius 3 is 2.44 bits per heavy atom. The molecule has 0 radical (unpaired) electrons. The molecule has 1 amide bonds. The zero-order chi connectivity index (χ0) is 12.4. The van der Waals surface area contributed by atoms with Crippen molar-refractivity contribution in [3.63, 3.8) is 0 Å². The van der Waals surface area contributed by atoms with Gasteiger partial charge in [0.15, 0.2) is 0 Å². The number of hydrogen-bond acceptors (Lipinski definition) is 3. The predicted molar refractivity (Wildman–Crippen MR) is 64.5 cm³/mol. The van der Waals surface area contributed by atoms with Crippen LogP contribution in [0.15, 0.2) is 0 Å². The minimum atomic E-state index is -0.431. The summed E-state index contributed by atoms with van der Waals surface area (Å²) in [5.41, 5.74) is -0.121. The molecular formula is C12H24N2O2. The summed E-state index contributed by atoms with van der Waals surface area (Å²) in [6.45, 7) is 10.5. The lowest BCUT2D eigenvalue weighted by molar-refractivity contribution is 0.0507. The molecule has 1 fully saturated rings. The normalized spacial score (nSPS) is 20.1. The number of carbonyl (C=O) groups is 1. The van der Waals surface area contributed by atoms with Crippen LogP contribution in [0.25, 0.3) is 0 Å². The molecule has 1 aliphatic rings. The smallest absolute Gasteiger partial charge is 0.407 e. The monoisotopic (exact) mass is 228 g/mol. The first-order valence-electron chi connectivity index (χ1n) is 5.95.